The van der Waals surface area contributed by atoms with Gasteiger partial charge in [-0.2, -0.15) is 0 Å². The first-order valence-electron chi connectivity index (χ1n) is 5.52. The fourth-order valence-electron chi connectivity index (χ4n) is 1.89. The lowest BCUT2D eigenvalue weighted by atomic mass is 10.3. The van der Waals surface area contributed by atoms with Crippen molar-refractivity contribution in [2.75, 3.05) is 0 Å². The van der Waals surface area contributed by atoms with Crippen molar-refractivity contribution in [1.82, 2.24) is 8.96 Å². The van der Waals surface area contributed by atoms with Crippen LogP contribution in [0.1, 0.15) is 0 Å². The quantitative estimate of drug-likeness (QED) is 0.682. The van der Waals surface area contributed by atoms with Crippen LogP contribution in [0.4, 0.5) is 0 Å². The third-order valence-corrected chi connectivity index (χ3v) is 4.72. The number of benzene rings is 1. The van der Waals surface area contributed by atoms with E-state index in [0.29, 0.717) is 5.52 Å². The van der Waals surface area contributed by atoms with E-state index in [-0.39, 0.29) is 10.0 Å². The van der Waals surface area contributed by atoms with Gasteiger partial charge in [0.2, 0.25) is 0 Å². The van der Waals surface area contributed by atoms with Crippen LogP contribution in [0.3, 0.4) is 0 Å². The Labute approximate surface area is 115 Å². The highest BCUT2D eigenvalue weighted by atomic mass is 35.5. The molecule has 0 unspecified atom stereocenters. The van der Waals surface area contributed by atoms with Crippen molar-refractivity contribution >= 4 is 32.5 Å². The van der Waals surface area contributed by atoms with Gasteiger partial charge in [0.1, 0.15) is 5.15 Å². The van der Waals surface area contributed by atoms with Gasteiger partial charge in [-0.05, 0) is 18.2 Å². The summed E-state index contributed by atoms with van der Waals surface area (Å²) in [6, 6.07) is 11.5. The SMILES string of the molecule is O=S(=O)(c1ccccc1)n1ccc2cnc(Cl)cc21. The van der Waals surface area contributed by atoms with E-state index in [1.165, 1.54) is 16.2 Å². The fraction of sp³-hybridized carbons (Fsp3) is 0. The summed E-state index contributed by atoms with van der Waals surface area (Å²) in [5.74, 6) is 0. The number of halogens is 1. The number of fused-ring (bicyclic) bond motifs is 1. The van der Waals surface area contributed by atoms with Crippen LogP contribution >= 0.6 is 11.6 Å². The molecule has 4 nitrogen and oxygen atoms in total. The predicted octanol–water partition coefficient (Wildman–Crippen LogP) is 2.93. The van der Waals surface area contributed by atoms with Gasteiger partial charge in [0.15, 0.2) is 0 Å². The lowest BCUT2D eigenvalue weighted by molar-refractivity contribution is 0.589. The molecule has 0 N–H and O–H groups in total. The van der Waals surface area contributed by atoms with E-state index in [1.807, 2.05) is 0 Å². The highest BCUT2D eigenvalue weighted by Gasteiger charge is 2.18. The van der Waals surface area contributed by atoms with E-state index in [9.17, 15) is 8.42 Å². The molecule has 0 aliphatic heterocycles. The summed E-state index contributed by atoms with van der Waals surface area (Å²) in [6.07, 6.45) is 3.06. The van der Waals surface area contributed by atoms with Gasteiger partial charge >= 0.3 is 0 Å². The zero-order valence-corrected chi connectivity index (χ0v) is 11.3. The first kappa shape index (κ1) is 12.2. The summed E-state index contributed by atoms with van der Waals surface area (Å²) in [5, 5.41) is 0.986. The van der Waals surface area contributed by atoms with Crippen molar-refractivity contribution in [2.45, 2.75) is 4.90 Å². The number of aromatic nitrogens is 2. The summed E-state index contributed by atoms with van der Waals surface area (Å²) < 4.78 is 26.3. The maximum atomic E-state index is 12.5. The van der Waals surface area contributed by atoms with Crippen LogP contribution in [-0.4, -0.2) is 17.4 Å². The van der Waals surface area contributed by atoms with Crippen molar-refractivity contribution in [1.29, 1.82) is 0 Å². The molecule has 96 valence electrons. The predicted molar refractivity (Wildman–Crippen MR) is 73.8 cm³/mol. The number of hydrogen-bond acceptors (Lipinski definition) is 3. The molecular weight excluding hydrogens is 284 g/mol. The van der Waals surface area contributed by atoms with E-state index < -0.39 is 10.0 Å². The van der Waals surface area contributed by atoms with Gasteiger partial charge in [-0.25, -0.2) is 17.4 Å². The van der Waals surface area contributed by atoms with Crippen molar-refractivity contribution in [3.8, 4) is 0 Å². The van der Waals surface area contributed by atoms with Crippen LogP contribution in [0.2, 0.25) is 5.15 Å². The normalized spacial score (nSPS) is 11.8. The Balaban J connectivity index is 2.28. The van der Waals surface area contributed by atoms with E-state index in [0.717, 1.165) is 5.39 Å². The Bertz CT molecular complexity index is 841. The molecule has 0 amide bonds. The average molecular weight is 293 g/mol. The number of pyridine rings is 1. The van der Waals surface area contributed by atoms with Gasteiger partial charge in [-0.1, -0.05) is 29.8 Å². The van der Waals surface area contributed by atoms with Crippen molar-refractivity contribution in [2.24, 2.45) is 0 Å². The molecule has 2 heterocycles. The molecule has 19 heavy (non-hydrogen) atoms. The smallest absolute Gasteiger partial charge is 0.244 e. The number of nitrogens with zero attached hydrogens (tertiary/aromatic N) is 2. The monoisotopic (exact) mass is 292 g/mol. The second kappa shape index (κ2) is 4.36. The van der Waals surface area contributed by atoms with Crippen molar-refractivity contribution < 1.29 is 8.42 Å². The Hall–Kier alpha value is -1.85. The lowest BCUT2D eigenvalue weighted by Crippen LogP contribution is -2.11. The minimum Gasteiger partial charge on any atom is -0.244 e. The Morgan fingerprint density at radius 1 is 1.11 bits per heavy atom. The maximum Gasteiger partial charge on any atom is 0.268 e. The summed E-state index contributed by atoms with van der Waals surface area (Å²) in [5.41, 5.74) is 0.517. The van der Waals surface area contributed by atoms with E-state index in [2.05, 4.69) is 4.98 Å². The van der Waals surface area contributed by atoms with E-state index >= 15 is 0 Å². The fourth-order valence-corrected chi connectivity index (χ4v) is 3.41. The van der Waals surface area contributed by atoms with Crippen molar-refractivity contribution in [3.05, 3.63) is 60.0 Å². The topological polar surface area (TPSA) is 52.0 Å². The molecule has 6 heteroatoms. The molecule has 2 aromatic heterocycles. The Morgan fingerprint density at radius 2 is 1.84 bits per heavy atom. The second-order valence-corrected chi connectivity index (χ2v) is 6.20. The number of hydrogen-bond donors (Lipinski definition) is 0. The van der Waals surface area contributed by atoms with Gasteiger partial charge in [0.25, 0.3) is 10.0 Å². The van der Waals surface area contributed by atoms with Gasteiger partial charge in [-0.3, -0.25) is 0 Å². The molecule has 0 bridgehead atoms. The van der Waals surface area contributed by atoms with Crippen LogP contribution in [0, 0.1) is 0 Å². The van der Waals surface area contributed by atoms with Crippen LogP contribution in [-0.2, 0) is 10.0 Å². The molecule has 0 radical (unpaired) electrons. The minimum absolute atomic E-state index is 0.237. The third kappa shape index (κ3) is 2.01. The largest absolute Gasteiger partial charge is 0.268 e. The summed E-state index contributed by atoms with van der Waals surface area (Å²) in [4.78, 5) is 4.17. The molecule has 0 fully saturated rings. The van der Waals surface area contributed by atoms with Gasteiger partial charge in [0, 0.05) is 23.8 Å². The Morgan fingerprint density at radius 3 is 2.58 bits per heavy atom. The zero-order valence-electron chi connectivity index (χ0n) is 9.69. The molecule has 0 spiro atoms. The molecule has 1 aromatic carbocycles. The summed E-state index contributed by atoms with van der Waals surface area (Å²) >= 11 is 5.82. The molecule has 0 aliphatic carbocycles. The van der Waals surface area contributed by atoms with Gasteiger partial charge < -0.3 is 0 Å². The third-order valence-electron chi connectivity index (χ3n) is 2.81. The van der Waals surface area contributed by atoms with E-state index in [4.69, 9.17) is 11.6 Å². The molecule has 0 saturated heterocycles. The molecule has 0 saturated carbocycles. The van der Waals surface area contributed by atoms with Gasteiger partial charge in [0.05, 0.1) is 10.4 Å². The molecule has 3 aromatic rings. The first-order chi connectivity index (χ1) is 9.09. The lowest BCUT2D eigenvalue weighted by Gasteiger charge is -2.07. The number of rotatable bonds is 2. The van der Waals surface area contributed by atoms with Gasteiger partial charge in [-0.15, -0.1) is 0 Å². The second-order valence-electron chi connectivity index (χ2n) is 4.00. The van der Waals surface area contributed by atoms with Crippen molar-refractivity contribution in [3.63, 3.8) is 0 Å². The van der Waals surface area contributed by atoms with E-state index in [1.54, 1.807) is 42.6 Å². The molecule has 0 atom stereocenters. The summed E-state index contributed by atoms with van der Waals surface area (Å²) in [7, 11) is -3.61. The molecular formula is C13H9ClN2O2S. The standard InChI is InChI=1S/C13H9ClN2O2S/c14-13-8-12-10(9-15-13)6-7-16(12)19(17,18)11-4-2-1-3-5-11/h1-9H. The van der Waals surface area contributed by atoms with Crippen LogP contribution in [0.25, 0.3) is 10.9 Å². The first-order valence-corrected chi connectivity index (χ1v) is 7.34. The minimum atomic E-state index is -3.61. The van der Waals surface area contributed by atoms with Crippen LogP contribution < -0.4 is 0 Å². The molecule has 0 aliphatic rings. The highest BCUT2D eigenvalue weighted by molar-refractivity contribution is 7.90. The maximum absolute atomic E-state index is 12.5. The summed E-state index contributed by atoms with van der Waals surface area (Å²) in [6.45, 7) is 0. The highest BCUT2D eigenvalue weighted by Crippen LogP contribution is 2.23. The average Bonchev–Trinajstić information content (AvgIpc) is 2.83. The van der Waals surface area contributed by atoms with Crippen LogP contribution in [0.15, 0.2) is 59.8 Å². The van der Waals surface area contributed by atoms with Crippen LogP contribution in [0.5, 0.6) is 0 Å². The molecule has 3 rings (SSSR count). The zero-order chi connectivity index (χ0) is 13.5. The Kier molecular flexibility index (Phi) is 2.80.